The molecule has 92 valence electrons. The van der Waals surface area contributed by atoms with E-state index in [0.29, 0.717) is 0 Å². The average molecular weight is 249 g/mol. The molecule has 6 heteroatoms. The van der Waals surface area contributed by atoms with E-state index in [1.54, 1.807) is 6.07 Å². The largest absolute Gasteiger partial charge is 0.384 e. The maximum atomic E-state index is 12.9. The Balaban J connectivity index is 2.18. The van der Waals surface area contributed by atoms with E-state index in [1.807, 2.05) is 0 Å². The summed E-state index contributed by atoms with van der Waals surface area (Å²) in [7, 11) is 0. The van der Waals surface area contributed by atoms with E-state index in [0.717, 1.165) is 12.1 Å². The number of anilines is 2. The number of halogens is 2. The average Bonchev–Trinajstić information content (AvgIpc) is 2.34. The fourth-order valence-electron chi connectivity index (χ4n) is 1.35. The van der Waals surface area contributed by atoms with Crippen molar-refractivity contribution in [2.75, 3.05) is 11.1 Å². The Morgan fingerprint density at radius 1 is 1.17 bits per heavy atom. The molecule has 1 heterocycles. The molecule has 0 fully saturated rings. The third-order valence-electron chi connectivity index (χ3n) is 2.18. The molecule has 18 heavy (non-hydrogen) atoms. The number of hydrogen-bond acceptors (Lipinski definition) is 3. The molecule has 0 saturated heterocycles. The summed E-state index contributed by atoms with van der Waals surface area (Å²) in [5.74, 6) is -2.36. The molecule has 3 N–H and O–H groups in total. The predicted octanol–water partition coefficient (Wildman–Crippen LogP) is 2.19. The third kappa shape index (κ3) is 2.60. The van der Waals surface area contributed by atoms with Crippen molar-refractivity contribution in [1.82, 2.24) is 4.98 Å². The summed E-state index contributed by atoms with van der Waals surface area (Å²) in [6, 6.07) is 7.64. The first-order valence-corrected chi connectivity index (χ1v) is 5.05. The first-order chi connectivity index (χ1) is 8.56. The van der Waals surface area contributed by atoms with Gasteiger partial charge >= 0.3 is 0 Å². The van der Waals surface area contributed by atoms with E-state index in [4.69, 9.17) is 5.73 Å². The molecule has 0 atom stereocenters. The molecule has 1 aromatic carbocycles. The zero-order valence-electron chi connectivity index (χ0n) is 9.15. The van der Waals surface area contributed by atoms with Gasteiger partial charge in [-0.3, -0.25) is 4.79 Å². The van der Waals surface area contributed by atoms with Crippen molar-refractivity contribution in [2.45, 2.75) is 0 Å². The lowest BCUT2D eigenvalue weighted by Crippen LogP contribution is -2.14. The summed E-state index contributed by atoms with van der Waals surface area (Å²) in [5, 5.41) is 2.39. The highest BCUT2D eigenvalue weighted by Crippen LogP contribution is 2.14. The Morgan fingerprint density at radius 3 is 2.61 bits per heavy atom. The Morgan fingerprint density at radius 2 is 1.94 bits per heavy atom. The van der Waals surface area contributed by atoms with Crippen molar-refractivity contribution >= 4 is 17.4 Å². The Labute approximate surface area is 101 Å². The molecule has 0 saturated carbocycles. The highest BCUT2D eigenvalue weighted by atomic mass is 19.2. The Kier molecular flexibility index (Phi) is 3.18. The van der Waals surface area contributed by atoms with Gasteiger partial charge in [0.05, 0.1) is 0 Å². The number of aromatic nitrogens is 1. The van der Waals surface area contributed by atoms with Gasteiger partial charge in [0.2, 0.25) is 0 Å². The van der Waals surface area contributed by atoms with Crippen LogP contribution < -0.4 is 11.1 Å². The van der Waals surface area contributed by atoms with Gasteiger partial charge < -0.3 is 11.1 Å². The monoisotopic (exact) mass is 249 g/mol. The number of nitrogens with zero attached hydrogens (tertiary/aromatic N) is 1. The molecule has 0 radical (unpaired) electrons. The maximum absolute atomic E-state index is 12.9. The van der Waals surface area contributed by atoms with E-state index in [1.165, 1.54) is 18.2 Å². The summed E-state index contributed by atoms with van der Waals surface area (Å²) < 4.78 is 25.6. The number of hydrogen-bond donors (Lipinski definition) is 2. The van der Waals surface area contributed by atoms with Gasteiger partial charge in [0.15, 0.2) is 11.6 Å². The summed E-state index contributed by atoms with van der Waals surface area (Å²) >= 11 is 0. The second-order valence-electron chi connectivity index (χ2n) is 3.53. The molecule has 0 bridgehead atoms. The SMILES string of the molecule is Nc1cccc(C(=O)Nc2ccc(F)c(F)c2)n1. The number of pyridine rings is 1. The fraction of sp³-hybridized carbons (Fsp3) is 0. The molecular formula is C12H9F2N3O. The molecule has 0 spiro atoms. The molecule has 2 aromatic rings. The Hall–Kier alpha value is -2.50. The van der Waals surface area contributed by atoms with E-state index < -0.39 is 17.5 Å². The van der Waals surface area contributed by atoms with Crippen LogP contribution >= 0.6 is 0 Å². The van der Waals surface area contributed by atoms with Crippen molar-refractivity contribution in [2.24, 2.45) is 0 Å². The van der Waals surface area contributed by atoms with Crippen LogP contribution in [0.2, 0.25) is 0 Å². The van der Waals surface area contributed by atoms with Gasteiger partial charge in [-0.1, -0.05) is 6.07 Å². The summed E-state index contributed by atoms with van der Waals surface area (Å²) in [6.45, 7) is 0. The van der Waals surface area contributed by atoms with Gasteiger partial charge in [-0.2, -0.15) is 0 Å². The minimum Gasteiger partial charge on any atom is -0.384 e. The molecular weight excluding hydrogens is 240 g/mol. The summed E-state index contributed by atoms with van der Waals surface area (Å²) in [5.41, 5.74) is 5.67. The van der Waals surface area contributed by atoms with Crippen LogP contribution in [0.1, 0.15) is 10.5 Å². The first-order valence-electron chi connectivity index (χ1n) is 5.05. The minimum absolute atomic E-state index is 0.0970. The number of nitrogen functional groups attached to an aromatic ring is 1. The predicted molar refractivity (Wildman–Crippen MR) is 63.0 cm³/mol. The number of carbonyl (C=O) groups excluding carboxylic acids is 1. The second kappa shape index (κ2) is 4.79. The van der Waals surface area contributed by atoms with Gasteiger partial charge in [0.25, 0.3) is 5.91 Å². The van der Waals surface area contributed by atoms with Crippen LogP contribution in [0.4, 0.5) is 20.3 Å². The first kappa shape index (κ1) is 12.0. The van der Waals surface area contributed by atoms with Crippen molar-refractivity contribution in [3.63, 3.8) is 0 Å². The molecule has 2 rings (SSSR count). The van der Waals surface area contributed by atoms with Gasteiger partial charge in [0, 0.05) is 11.8 Å². The van der Waals surface area contributed by atoms with E-state index >= 15 is 0 Å². The van der Waals surface area contributed by atoms with E-state index in [-0.39, 0.29) is 17.2 Å². The smallest absolute Gasteiger partial charge is 0.274 e. The number of nitrogens with one attached hydrogen (secondary N) is 1. The van der Waals surface area contributed by atoms with Crippen LogP contribution in [-0.2, 0) is 0 Å². The zero-order chi connectivity index (χ0) is 13.1. The molecule has 0 aliphatic rings. The van der Waals surface area contributed by atoms with Crippen molar-refractivity contribution < 1.29 is 13.6 Å². The maximum Gasteiger partial charge on any atom is 0.274 e. The summed E-state index contributed by atoms with van der Waals surface area (Å²) in [4.78, 5) is 15.5. The quantitative estimate of drug-likeness (QED) is 0.857. The molecule has 0 aliphatic heterocycles. The van der Waals surface area contributed by atoms with Crippen LogP contribution in [0, 0.1) is 11.6 Å². The Bertz CT molecular complexity index is 602. The lowest BCUT2D eigenvalue weighted by Gasteiger charge is -2.05. The van der Waals surface area contributed by atoms with Crippen LogP contribution in [0.5, 0.6) is 0 Å². The van der Waals surface area contributed by atoms with Gasteiger partial charge in [-0.25, -0.2) is 13.8 Å². The fourth-order valence-corrected chi connectivity index (χ4v) is 1.35. The van der Waals surface area contributed by atoms with Gasteiger partial charge in [0.1, 0.15) is 11.5 Å². The van der Waals surface area contributed by atoms with Crippen LogP contribution in [0.15, 0.2) is 36.4 Å². The number of rotatable bonds is 2. The highest BCUT2D eigenvalue weighted by Gasteiger charge is 2.09. The zero-order valence-corrected chi connectivity index (χ0v) is 9.15. The number of carbonyl (C=O) groups is 1. The normalized spacial score (nSPS) is 10.1. The van der Waals surface area contributed by atoms with E-state index in [2.05, 4.69) is 10.3 Å². The lowest BCUT2D eigenvalue weighted by atomic mass is 10.2. The number of benzene rings is 1. The number of nitrogens with two attached hydrogens (primary N) is 1. The highest BCUT2D eigenvalue weighted by molar-refractivity contribution is 6.03. The van der Waals surface area contributed by atoms with Crippen LogP contribution in [0.3, 0.4) is 0 Å². The van der Waals surface area contributed by atoms with Crippen LogP contribution in [-0.4, -0.2) is 10.9 Å². The van der Waals surface area contributed by atoms with Crippen molar-refractivity contribution in [1.29, 1.82) is 0 Å². The van der Waals surface area contributed by atoms with E-state index in [9.17, 15) is 13.6 Å². The van der Waals surface area contributed by atoms with Gasteiger partial charge in [-0.05, 0) is 24.3 Å². The standard InChI is InChI=1S/C12H9F2N3O/c13-8-5-4-7(6-9(8)14)16-12(18)10-2-1-3-11(15)17-10/h1-6H,(H2,15,17)(H,16,18). The van der Waals surface area contributed by atoms with Gasteiger partial charge in [-0.15, -0.1) is 0 Å². The summed E-state index contributed by atoms with van der Waals surface area (Å²) in [6.07, 6.45) is 0. The minimum atomic E-state index is -1.03. The molecule has 1 amide bonds. The molecule has 1 aromatic heterocycles. The molecule has 4 nitrogen and oxygen atoms in total. The lowest BCUT2D eigenvalue weighted by molar-refractivity contribution is 0.102. The van der Waals surface area contributed by atoms with Crippen molar-refractivity contribution in [3.8, 4) is 0 Å². The van der Waals surface area contributed by atoms with Crippen molar-refractivity contribution in [3.05, 3.63) is 53.7 Å². The second-order valence-corrected chi connectivity index (χ2v) is 3.53. The third-order valence-corrected chi connectivity index (χ3v) is 2.18. The molecule has 0 unspecified atom stereocenters. The van der Waals surface area contributed by atoms with Crippen LogP contribution in [0.25, 0.3) is 0 Å². The molecule has 0 aliphatic carbocycles. The topological polar surface area (TPSA) is 68.0 Å². The number of amides is 1.